The number of benzene rings is 1. The van der Waals surface area contributed by atoms with Crippen LogP contribution >= 0.6 is 0 Å². The minimum Gasteiger partial charge on any atom is -0.342 e. The van der Waals surface area contributed by atoms with Crippen molar-refractivity contribution < 1.29 is 9.59 Å². The third-order valence-electron chi connectivity index (χ3n) is 6.43. The van der Waals surface area contributed by atoms with E-state index in [9.17, 15) is 9.59 Å². The third kappa shape index (κ3) is 4.52. The highest BCUT2D eigenvalue weighted by atomic mass is 16.2. The highest BCUT2D eigenvalue weighted by molar-refractivity contribution is 5.79. The summed E-state index contributed by atoms with van der Waals surface area (Å²) in [4.78, 5) is 31.4. The molecule has 1 aromatic rings. The van der Waals surface area contributed by atoms with Gasteiger partial charge in [0.15, 0.2) is 0 Å². The Morgan fingerprint density at radius 3 is 2.70 bits per heavy atom. The largest absolute Gasteiger partial charge is 0.342 e. The quantitative estimate of drug-likeness (QED) is 0.801. The molecule has 0 unspecified atom stereocenters. The lowest BCUT2D eigenvalue weighted by atomic mass is 9.94. The van der Waals surface area contributed by atoms with Crippen LogP contribution < -0.4 is 0 Å². The zero-order valence-corrected chi connectivity index (χ0v) is 16.2. The summed E-state index contributed by atoms with van der Waals surface area (Å²) in [5.74, 6) is 1.03. The van der Waals surface area contributed by atoms with E-state index in [0.717, 1.165) is 45.6 Å². The number of carbonyl (C=O) groups is 2. The zero-order chi connectivity index (χ0) is 18.6. The number of carbonyl (C=O) groups excluding carboxylic acids is 2. The molecule has 0 N–H and O–H groups in total. The van der Waals surface area contributed by atoms with Crippen LogP contribution in [-0.4, -0.2) is 65.3 Å². The topological polar surface area (TPSA) is 43.9 Å². The SMILES string of the molecule is O=C1CCCCN1CCC(=O)N1C[C@H]2CC[C@@H](C1)N(Cc1ccccc1)C2. The second kappa shape index (κ2) is 8.42. The van der Waals surface area contributed by atoms with Crippen LogP contribution in [0.5, 0.6) is 0 Å². The molecule has 0 spiro atoms. The van der Waals surface area contributed by atoms with E-state index >= 15 is 0 Å². The molecule has 5 rings (SSSR count). The molecule has 4 heterocycles. The normalized spacial score (nSPS) is 26.3. The van der Waals surface area contributed by atoms with E-state index < -0.39 is 0 Å². The van der Waals surface area contributed by atoms with Gasteiger partial charge in [0.2, 0.25) is 11.8 Å². The first-order valence-corrected chi connectivity index (χ1v) is 10.5. The third-order valence-corrected chi connectivity index (χ3v) is 6.43. The second-order valence-electron chi connectivity index (χ2n) is 8.40. The number of fused-ring (bicyclic) bond motifs is 4. The summed E-state index contributed by atoms with van der Waals surface area (Å²) in [7, 11) is 0. The van der Waals surface area contributed by atoms with Crippen LogP contribution in [0.15, 0.2) is 30.3 Å². The summed E-state index contributed by atoms with van der Waals surface area (Å²) in [5, 5.41) is 0. The van der Waals surface area contributed by atoms with Crippen molar-refractivity contribution in [3.8, 4) is 0 Å². The van der Waals surface area contributed by atoms with Gasteiger partial charge in [0, 0.05) is 58.2 Å². The predicted molar refractivity (Wildman–Crippen MR) is 105 cm³/mol. The lowest BCUT2D eigenvalue weighted by Gasteiger charge is -2.36. The molecule has 4 fully saturated rings. The number of piperidine rings is 2. The Labute approximate surface area is 162 Å². The Hall–Kier alpha value is -1.88. The molecule has 146 valence electrons. The second-order valence-corrected chi connectivity index (χ2v) is 8.40. The first-order chi connectivity index (χ1) is 13.2. The molecule has 2 bridgehead atoms. The van der Waals surface area contributed by atoms with Crippen LogP contribution in [-0.2, 0) is 16.1 Å². The van der Waals surface area contributed by atoms with Crippen molar-refractivity contribution >= 4 is 11.8 Å². The van der Waals surface area contributed by atoms with Gasteiger partial charge >= 0.3 is 0 Å². The summed E-state index contributed by atoms with van der Waals surface area (Å²) >= 11 is 0. The molecule has 4 aliphatic rings. The fourth-order valence-electron chi connectivity index (χ4n) is 4.88. The highest BCUT2D eigenvalue weighted by Crippen LogP contribution is 2.29. The summed E-state index contributed by atoms with van der Waals surface area (Å²) in [6, 6.07) is 11.1. The number of hydrogen-bond donors (Lipinski definition) is 0. The summed E-state index contributed by atoms with van der Waals surface area (Å²) in [6.45, 7) is 5.21. The molecule has 2 atom stereocenters. The van der Waals surface area contributed by atoms with Crippen LogP contribution in [0, 0.1) is 5.92 Å². The Morgan fingerprint density at radius 1 is 1.04 bits per heavy atom. The van der Waals surface area contributed by atoms with Crippen LogP contribution in [0.3, 0.4) is 0 Å². The van der Waals surface area contributed by atoms with Gasteiger partial charge in [-0.25, -0.2) is 0 Å². The average Bonchev–Trinajstić information content (AvgIpc) is 3.00. The monoisotopic (exact) mass is 369 g/mol. The Morgan fingerprint density at radius 2 is 1.89 bits per heavy atom. The smallest absolute Gasteiger partial charge is 0.224 e. The molecular weight excluding hydrogens is 338 g/mol. The van der Waals surface area contributed by atoms with Gasteiger partial charge < -0.3 is 9.80 Å². The molecule has 0 saturated carbocycles. The summed E-state index contributed by atoms with van der Waals surface area (Å²) in [6.07, 6.45) is 5.61. The summed E-state index contributed by atoms with van der Waals surface area (Å²) < 4.78 is 0. The van der Waals surface area contributed by atoms with E-state index in [4.69, 9.17) is 0 Å². The first-order valence-electron chi connectivity index (χ1n) is 10.5. The van der Waals surface area contributed by atoms with Crippen molar-refractivity contribution in [2.75, 3.05) is 32.7 Å². The van der Waals surface area contributed by atoms with Crippen LogP contribution in [0.2, 0.25) is 0 Å². The Balaban J connectivity index is 1.33. The van der Waals surface area contributed by atoms with Gasteiger partial charge in [-0.15, -0.1) is 0 Å². The number of nitrogens with zero attached hydrogens (tertiary/aromatic N) is 3. The number of hydrogen-bond acceptors (Lipinski definition) is 3. The molecule has 0 radical (unpaired) electrons. The molecule has 27 heavy (non-hydrogen) atoms. The minimum absolute atomic E-state index is 0.221. The van der Waals surface area contributed by atoms with Gasteiger partial charge in [-0.1, -0.05) is 30.3 Å². The molecule has 1 aromatic carbocycles. The maximum absolute atomic E-state index is 12.9. The van der Waals surface area contributed by atoms with E-state index in [0.29, 0.717) is 31.3 Å². The van der Waals surface area contributed by atoms with Gasteiger partial charge in [0.05, 0.1) is 0 Å². The van der Waals surface area contributed by atoms with Crippen molar-refractivity contribution in [1.82, 2.24) is 14.7 Å². The average molecular weight is 370 g/mol. The maximum Gasteiger partial charge on any atom is 0.224 e. The molecule has 5 nitrogen and oxygen atoms in total. The van der Waals surface area contributed by atoms with E-state index in [2.05, 4.69) is 40.1 Å². The van der Waals surface area contributed by atoms with Crippen molar-refractivity contribution in [3.05, 3.63) is 35.9 Å². The van der Waals surface area contributed by atoms with Gasteiger partial charge in [-0.05, 0) is 37.2 Å². The van der Waals surface area contributed by atoms with Crippen LogP contribution in [0.1, 0.15) is 44.1 Å². The molecule has 2 amide bonds. The molecule has 4 aliphatic heterocycles. The number of likely N-dealkylation sites (tertiary alicyclic amines) is 1. The maximum atomic E-state index is 12.9. The highest BCUT2D eigenvalue weighted by Gasteiger charge is 2.36. The molecule has 5 heteroatoms. The van der Waals surface area contributed by atoms with Gasteiger partial charge in [0.1, 0.15) is 0 Å². The van der Waals surface area contributed by atoms with Crippen molar-refractivity contribution in [2.45, 2.75) is 51.1 Å². The molecule has 0 aliphatic carbocycles. The lowest BCUT2D eigenvalue weighted by molar-refractivity contribution is -0.135. The fraction of sp³-hybridized carbons (Fsp3) is 0.636. The molecule has 4 saturated heterocycles. The number of rotatable bonds is 5. The molecular formula is C22H31N3O2. The van der Waals surface area contributed by atoms with Crippen LogP contribution in [0.25, 0.3) is 0 Å². The Kier molecular flexibility index (Phi) is 5.77. The van der Waals surface area contributed by atoms with E-state index in [1.54, 1.807) is 0 Å². The summed E-state index contributed by atoms with van der Waals surface area (Å²) in [5.41, 5.74) is 1.35. The zero-order valence-electron chi connectivity index (χ0n) is 16.2. The first kappa shape index (κ1) is 18.5. The standard InChI is InChI=1S/C22H31N3O2/c26-21-8-4-5-12-23(21)13-11-22(27)25-16-19-9-10-20(17-25)24(15-19)14-18-6-2-1-3-7-18/h1-3,6-7,19-20H,4-5,8-17H2/t19-,20-/m0/s1. The van der Waals surface area contributed by atoms with E-state index in [1.807, 2.05) is 4.90 Å². The Bertz CT molecular complexity index is 663. The van der Waals surface area contributed by atoms with Crippen LogP contribution in [0.4, 0.5) is 0 Å². The number of amides is 2. The van der Waals surface area contributed by atoms with E-state index in [1.165, 1.54) is 18.4 Å². The lowest BCUT2D eigenvalue weighted by Crippen LogP contribution is -2.44. The van der Waals surface area contributed by atoms with Crippen molar-refractivity contribution in [2.24, 2.45) is 5.92 Å². The van der Waals surface area contributed by atoms with Crippen molar-refractivity contribution in [1.29, 1.82) is 0 Å². The molecule has 0 aromatic heterocycles. The van der Waals surface area contributed by atoms with E-state index in [-0.39, 0.29) is 11.8 Å². The minimum atomic E-state index is 0.221. The van der Waals surface area contributed by atoms with Gasteiger partial charge in [-0.2, -0.15) is 0 Å². The van der Waals surface area contributed by atoms with Gasteiger partial charge in [-0.3, -0.25) is 14.5 Å². The predicted octanol–water partition coefficient (Wildman–Crippen LogP) is 2.51. The van der Waals surface area contributed by atoms with Gasteiger partial charge in [0.25, 0.3) is 0 Å². The van der Waals surface area contributed by atoms with Crippen molar-refractivity contribution in [3.63, 3.8) is 0 Å². The fourth-order valence-corrected chi connectivity index (χ4v) is 4.88.